The van der Waals surface area contributed by atoms with Gasteiger partial charge in [-0.15, -0.1) is 0 Å². The average Bonchev–Trinajstić information content (AvgIpc) is 2.86. The molecule has 100 valence electrons. The van der Waals surface area contributed by atoms with Gasteiger partial charge in [-0.1, -0.05) is 25.7 Å². The molecule has 1 saturated heterocycles. The molecule has 5 heteroatoms. The predicted octanol–water partition coefficient (Wildman–Crippen LogP) is 1.32. The molecule has 2 N–H and O–H groups in total. The molecule has 17 heavy (non-hydrogen) atoms. The molecule has 1 atom stereocenters. The lowest BCUT2D eigenvalue weighted by Gasteiger charge is -2.16. The van der Waals surface area contributed by atoms with Crippen LogP contribution < -0.4 is 5.14 Å². The third-order valence-corrected chi connectivity index (χ3v) is 5.57. The molecule has 2 rings (SSSR count). The Balaban J connectivity index is 1.64. The topological polar surface area (TPSA) is 63.4 Å². The normalized spacial score (nSPS) is 27.9. The standard InChI is InChI=1S/C12H24N2O2S/c13-17(15,16)12-7-9-14(10-12)8-3-6-11-4-1-2-5-11/h11-12H,1-10H2,(H2,13,15,16)/t12-/m0/s1. The summed E-state index contributed by atoms with van der Waals surface area (Å²) in [5, 5.41) is 4.85. The van der Waals surface area contributed by atoms with E-state index in [1.165, 1.54) is 38.5 Å². The predicted molar refractivity (Wildman–Crippen MR) is 69.1 cm³/mol. The van der Waals surface area contributed by atoms with Crippen molar-refractivity contribution in [2.75, 3.05) is 19.6 Å². The summed E-state index contributed by atoms with van der Waals surface area (Å²) in [5.41, 5.74) is 0. The Kier molecular flexibility index (Phi) is 4.44. The van der Waals surface area contributed by atoms with E-state index in [0.717, 1.165) is 19.0 Å². The van der Waals surface area contributed by atoms with Gasteiger partial charge >= 0.3 is 0 Å². The first kappa shape index (κ1) is 13.3. The van der Waals surface area contributed by atoms with Crippen LogP contribution in [0.25, 0.3) is 0 Å². The molecule has 1 aliphatic carbocycles. The van der Waals surface area contributed by atoms with Gasteiger partial charge in [-0.2, -0.15) is 0 Å². The second-order valence-corrected chi connectivity index (χ2v) is 7.44. The van der Waals surface area contributed by atoms with Gasteiger partial charge in [0, 0.05) is 6.54 Å². The second kappa shape index (κ2) is 5.67. The summed E-state index contributed by atoms with van der Waals surface area (Å²) in [7, 11) is -3.32. The molecule has 0 aromatic heterocycles. The fourth-order valence-electron chi connectivity index (χ4n) is 3.17. The van der Waals surface area contributed by atoms with Crippen LogP contribution in [-0.4, -0.2) is 38.2 Å². The van der Waals surface area contributed by atoms with Crippen LogP contribution in [0.4, 0.5) is 0 Å². The SMILES string of the molecule is NS(=O)(=O)[C@H]1CCN(CCCC2CCCC2)C1. The third kappa shape index (κ3) is 3.93. The molecule has 0 bridgehead atoms. The van der Waals surface area contributed by atoms with Gasteiger partial charge in [-0.25, -0.2) is 13.6 Å². The Morgan fingerprint density at radius 2 is 1.88 bits per heavy atom. The number of hydrogen-bond acceptors (Lipinski definition) is 3. The largest absolute Gasteiger partial charge is 0.302 e. The molecule has 2 aliphatic rings. The molecule has 1 heterocycles. The van der Waals surface area contributed by atoms with Crippen molar-refractivity contribution in [3.8, 4) is 0 Å². The zero-order valence-electron chi connectivity index (χ0n) is 10.5. The van der Waals surface area contributed by atoms with E-state index in [2.05, 4.69) is 4.90 Å². The van der Waals surface area contributed by atoms with Crippen LogP contribution in [-0.2, 0) is 10.0 Å². The van der Waals surface area contributed by atoms with Crippen LogP contribution in [0.1, 0.15) is 44.9 Å². The fourth-order valence-corrected chi connectivity index (χ4v) is 4.02. The van der Waals surface area contributed by atoms with Gasteiger partial charge in [0.25, 0.3) is 0 Å². The zero-order valence-corrected chi connectivity index (χ0v) is 11.3. The van der Waals surface area contributed by atoms with Crippen LogP contribution in [0.15, 0.2) is 0 Å². The van der Waals surface area contributed by atoms with Crippen LogP contribution in [0.3, 0.4) is 0 Å². The molecule has 1 saturated carbocycles. The van der Waals surface area contributed by atoms with Crippen molar-refractivity contribution in [1.29, 1.82) is 0 Å². The number of hydrogen-bond donors (Lipinski definition) is 1. The molecule has 0 radical (unpaired) electrons. The molecule has 0 aromatic carbocycles. The van der Waals surface area contributed by atoms with Crippen molar-refractivity contribution in [2.24, 2.45) is 11.1 Å². The minimum Gasteiger partial charge on any atom is -0.302 e. The fraction of sp³-hybridized carbons (Fsp3) is 1.00. The first-order valence-corrected chi connectivity index (χ1v) is 8.40. The number of sulfonamides is 1. The molecule has 4 nitrogen and oxygen atoms in total. The van der Waals surface area contributed by atoms with E-state index in [1.54, 1.807) is 0 Å². The van der Waals surface area contributed by atoms with Gasteiger partial charge in [0.05, 0.1) is 5.25 Å². The highest BCUT2D eigenvalue weighted by Gasteiger charge is 2.30. The quantitative estimate of drug-likeness (QED) is 0.811. The third-order valence-electron chi connectivity index (χ3n) is 4.26. The number of primary sulfonamides is 1. The summed E-state index contributed by atoms with van der Waals surface area (Å²) >= 11 is 0. The first-order valence-electron chi connectivity index (χ1n) is 6.79. The zero-order chi connectivity index (χ0) is 12.3. The lowest BCUT2D eigenvalue weighted by Crippen LogP contribution is -2.32. The Bertz CT molecular complexity index is 336. The molecule has 0 spiro atoms. The van der Waals surface area contributed by atoms with Crippen molar-refractivity contribution in [3.63, 3.8) is 0 Å². The summed E-state index contributed by atoms with van der Waals surface area (Å²) in [5.74, 6) is 0.937. The van der Waals surface area contributed by atoms with Crippen molar-refractivity contribution in [1.82, 2.24) is 4.90 Å². The van der Waals surface area contributed by atoms with E-state index in [4.69, 9.17) is 5.14 Å². The Hall–Kier alpha value is -0.130. The van der Waals surface area contributed by atoms with Gasteiger partial charge in [0.1, 0.15) is 0 Å². The smallest absolute Gasteiger partial charge is 0.213 e. The van der Waals surface area contributed by atoms with Gasteiger partial charge in [0.15, 0.2) is 0 Å². The van der Waals surface area contributed by atoms with Gasteiger partial charge in [-0.3, -0.25) is 0 Å². The lowest BCUT2D eigenvalue weighted by atomic mass is 10.0. The highest BCUT2D eigenvalue weighted by molar-refractivity contribution is 7.89. The summed E-state index contributed by atoms with van der Waals surface area (Å²) in [6.07, 6.45) is 8.85. The minimum absolute atomic E-state index is 0.325. The molecule has 0 aromatic rings. The minimum atomic E-state index is -3.32. The second-order valence-electron chi connectivity index (χ2n) is 5.59. The summed E-state index contributed by atoms with van der Waals surface area (Å²) in [4.78, 5) is 2.25. The van der Waals surface area contributed by atoms with E-state index in [9.17, 15) is 8.42 Å². The summed E-state index contributed by atoms with van der Waals surface area (Å²) in [6, 6.07) is 0. The van der Waals surface area contributed by atoms with Crippen LogP contribution in [0.2, 0.25) is 0 Å². The Labute approximate surface area is 105 Å². The maximum absolute atomic E-state index is 11.2. The summed E-state index contributed by atoms with van der Waals surface area (Å²) in [6.45, 7) is 2.58. The summed E-state index contributed by atoms with van der Waals surface area (Å²) < 4.78 is 22.4. The molecule has 2 fully saturated rings. The van der Waals surface area contributed by atoms with Crippen LogP contribution in [0.5, 0.6) is 0 Å². The van der Waals surface area contributed by atoms with Crippen molar-refractivity contribution >= 4 is 10.0 Å². The van der Waals surface area contributed by atoms with E-state index in [1.807, 2.05) is 0 Å². The number of nitrogens with two attached hydrogens (primary N) is 1. The van der Waals surface area contributed by atoms with Crippen molar-refractivity contribution in [3.05, 3.63) is 0 Å². The monoisotopic (exact) mass is 260 g/mol. The molecular weight excluding hydrogens is 236 g/mol. The number of likely N-dealkylation sites (tertiary alicyclic amines) is 1. The Morgan fingerprint density at radius 3 is 2.47 bits per heavy atom. The van der Waals surface area contributed by atoms with Crippen LogP contribution >= 0.6 is 0 Å². The average molecular weight is 260 g/mol. The van der Waals surface area contributed by atoms with E-state index < -0.39 is 10.0 Å². The molecular formula is C12H24N2O2S. The molecule has 0 unspecified atom stereocenters. The maximum atomic E-state index is 11.2. The van der Waals surface area contributed by atoms with Gasteiger partial charge in [0.2, 0.25) is 10.0 Å². The first-order chi connectivity index (χ1) is 8.05. The molecule has 0 amide bonds. The van der Waals surface area contributed by atoms with Crippen molar-refractivity contribution < 1.29 is 8.42 Å². The van der Waals surface area contributed by atoms with Gasteiger partial charge < -0.3 is 4.90 Å². The highest BCUT2D eigenvalue weighted by atomic mass is 32.2. The van der Waals surface area contributed by atoms with Gasteiger partial charge in [-0.05, 0) is 38.3 Å². The van der Waals surface area contributed by atoms with Crippen molar-refractivity contribution in [2.45, 2.75) is 50.2 Å². The highest BCUT2D eigenvalue weighted by Crippen LogP contribution is 2.28. The van der Waals surface area contributed by atoms with E-state index in [0.29, 0.717) is 13.0 Å². The van der Waals surface area contributed by atoms with Crippen LogP contribution in [0, 0.1) is 5.92 Å². The van der Waals surface area contributed by atoms with E-state index in [-0.39, 0.29) is 5.25 Å². The number of rotatable bonds is 5. The molecule has 1 aliphatic heterocycles. The lowest BCUT2D eigenvalue weighted by molar-refractivity contribution is 0.315. The number of nitrogens with zero attached hydrogens (tertiary/aromatic N) is 1. The van der Waals surface area contributed by atoms with E-state index >= 15 is 0 Å². The Morgan fingerprint density at radius 1 is 1.18 bits per heavy atom. The maximum Gasteiger partial charge on any atom is 0.213 e.